The van der Waals surface area contributed by atoms with E-state index in [-0.39, 0.29) is 30.9 Å². The number of rotatable bonds is 10. The number of carbonyl (C=O) groups excluding carboxylic acids is 3. The maximum Gasteiger partial charge on any atom is 0.261 e. The molecule has 0 bridgehead atoms. The number of ether oxygens (including phenoxy) is 1. The molecule has 1 atom stereocenters. The molecule has 3 amide bonds. The molecule has 2 aromatic rings. The third kappa shape index (κ3) is 6.77. The molecule has 2 fully saturated rings. The molecule has 176 valence electrons. The Morgan fingerprint density at radius 1 is 1.18 bits per heavy atom. The third-order valence-corrected chi connectivity index (χ3v) is 6.88. The van der Waals surface area contributed by atoms with E-state index in [1.54, 1.807) is 41.3 Å². The van der Waals surface area contributed by atoms with Crippen LogP contribution in [-0.4, -0.2) is 56.6 Å². The molecule has 2 aliphatic rings. The molecule has 10 heteroatoms. The van der Waals surface area contributed by atoms with Gasteiger partial charge >= 0.3 is 0 Å². The zero-order valence-corrected chi connectivity index (χ0v) is 19.7. The Morgan fingerprint density at radius 3 is 2.64 bits per heavy atom. The summed E-state index contributed by atoms with van der Waals surface area (Å²) in [5, 5.41) is 9.00. The summed E-state index contributed by atoms with van der Waals surface area (Å²) in [5.74, 6) is 0.166. The van der Waals surface area contributed by atoms with Gasteiger partial charge in [0.25, 0.3) is 11.8 Å². The van der Waals surface area contributed by atoms with Gasteiger partial charge in [0.15, 0.2) is 0 Å². The molecule has 1 aromatic heterocycles. The fraction of sp³-hybridized carbons (Fsp3) is 0.435. The molecule has 1 aromatic carbocycles. The van der Waals surface area contributed by atoms with Crippen molar-refractivity contribution in [3.8, 4) is 0 Å². The molecule has 1 aliphatic carbocycles. The number of thiophene rings is 1. The van der Waals surface area contributed by atoms with Gasteiger partial charge in [0.2, 0.25) is 5.91 Å². The molecule has 0 spiro atoms. The van der Waals surface area contributed by atoms with Crippen LogP contribution in [0, 0.1) is 5.92 Å². The number of amides is 3. The molecular weight excluding hydrogens is 464 g/mol. The van der Waals surface area contributed by atoms with E-state index >= 15 is 0 Å². The standard InChI is InChI=1S/C23H27ClN4O4S/c24-20-8-7-19(33-20)23(31)26-13-18(25-10-9-15-1-2-15)22(30)27-16-3-5-17(6-4-16)28-11-12-32-14-21(28)29/h3-8,15,18,25H,1-2,9-14H2,(H,26,31)(H,27,30)/t18-/m0/s1. The monoisotopic (exact) mass is 490 g/mol. The molecule has 4 rings (SSSR count). The maximum atomic E-state index is 13.0. The van der Waals surface area contributed by atoms with Gasteiger partial charge in [-0.1, -0.05) is 24.4 Å². The van der Waals surface area contributed by atoms with Crippen LogP contribution >= 0.6 is 22.9 Å². The fourth-order valence-electron chi connectivity index (χ4n) is 3.59. The number of anilines is 2. The number of benzene rings is 1. The van der Waals surface area contributed by atoms with Crippen LogP contribution in [0.4, 0.5) is 11.4 Å². The van der Waals surface area contributed by atoms with Crippen LogP contribution in [-0.2, 0) is 14.3 Å². The Hall–Kier alpha value is -2.46. The topological polar surface area (TPSA) is 99.8 Å². The summed E-state index contributed by atoms with van der Waals surface area (Å²) in [7, 11) is 0. The molecule has 0 radical (unpaired) electrons. The van der Waals surface area contributed by atoms with Gasteiger partial charge in [0, 0.05) is 24.5 Å². The van der Waals surface area contributed by atoms with Crippen LogP contribution < -0.4 is 20.9 Å². The van der Waals surface area contributed by atoms with Gasteiger partial charge in [-0.15, -0.1) is 11.3 Å². The van der Waals surface area contributed by atoms with Gasteiger partial charge in [0.05, 0.1) is 15.8 Å². The van der Waals surface area contributed by atoms with Crippen LogP contribution in [0.2, 0.25) is 4.34 Å². The van der Waals surface area contributed by atoms with Crippen molar-refractivity contribution in [1.29, 1.82) is 0 Å². The Bertz CT molecular complexity index is 993. The zero-order valence-electron chi connectivity index (χ0n) is 18.1. The summed E-state index contributed by atoms with van der Waals surface area (Å²) in [4.78, 5) is 39.5. The Labute approximate surface area is 201 Å². The average Bonchev–Trinajstić information content (AvgIpc) is 3.54. The van der Waals surface area contributed by atoms with E-state index in [1.165, 1.54) is 24.2 Å². The SMILES string of the molecule is O=C(NC[C@H](NCCC1CC1)C(=O)Nc1ccc(N2CCOCC2=O)cc1)c1ccc(Cl)s1. The number of hydrogen-bond acceptors (Lipinski definition) is 6. The number of halogens is 1. The fourth-order valence-corrected chi connectivity index (χ4v) is 4.55. The second-order valence-electron chi connectivity index (χ2n) is 8.19. The first-order chi connectivity index (χ1) is 16.0. The molecule has 8 nitrogen and oxygen atoms in total. The molecule has 3 N–H and O–H groups in total. The lowest BCUT2D eigenvalue weighted by molar-refractivity contribution is -0.125. The van der Waals surface area contributed by atoms with Gasteiger partial charge in [-0.2, -0.15) is 0 Å². The average molecular weight is 491 g/mol. The summed E-state index contributed by atoms with van der Waals surface area (Å²) in [5.41, 5.74) is 1.39. The quantitative estimate of drug-likeness (QED) is 0.475. The minimum atomic E-state index is -0.580. The van der Waals surface area contributed by atoms with Crippen LogP contribution in [0.5, 0.6) is 0 Å². The van der Waals surface area contributed by atoms with Crippen LogP contribution in [0.25, 0.3) is 0 Å². The number of nitrogens with one attached hydrogen (secondary N) is 3. The van der Waals surface area contributed by atoms with Crippen molar-refractivity contribution in [3.05, 3.63) is 45.6 Å². The van der Waals surface area contributed by atoms with E-state index in [9.17, 15) is 14.4 Å². The number of nitrogens with zero attached hydrogens (tertiary/aromatic N) is 1. The highest BCUT2D eigenvalue weighted by Crippen LogP contribution is 2.31. The van der Waals surface area contributed by atoms with Crippen molar-refractivity contribution in [3.63, 3.8) is 0 Å². The van der Waals surface area contributed by atoms with E-state index in [2.05, 4.69) is 16.0 Å². The highest BCUT2D eigenvalue weighted by Gasteiger charge is 2.24. The Morgan fingerprint density at radius 2 is 1.97 bits per heavy atom. The van der Waals surface area contributed by atoms with Crippen molar-refractivity contribution < 1.29 is 19.1 Å². The van der Waals surface area contributed by atoms with Crippen LogP contribution in [0.1, 0.15) is 28.9 Å². The normalized spacial score (nSPS) is 17.0. The maximum absolute atomic E-state index is 13.0. The summed E-state index contributed by atoms with van der Waals surface area (Å²) in [6, 6.07) is 9.90. The lowest BCUT2D eigenvalue weighted by Gasteiger charge is -2.27. The van der Waals surface area contributed by atoms with Gasteiger partial charge < -0.3 is 25.6 Å². The smallest absolute Gasteiger partial charge is 0.261 e. The van der Waals surface area contributed by atoms with E-state index in [1.807, 2.05) is 0 Å². The minimum absolute atomic E-state index is 0.0795. The molecule has 33 heavy (non-hydrogen) atoms. The van der Waals surface area contributed by atoms with Crippen molar-refractivity contribution in [2.45, 2.75) is 25.3 Å². The first-order valence-corrected chi connectivity index (χ1v) is 12.2. The first kappa shape index (κ1) is 23.7. The van der Waals surface area contributed by atoms with Crippen molar-refractivity contribution in [2.24, 2.45) is 5.92 Å². The van der Waals surface area contributed by atoms with Crippen LogP contribution in [0.3, 0.4) is 0 Å². The molecule has 0 unspecified atom stereocenters. The summed E-state index contributed by atoms with van der Waals surface area (Å²) in [6.07, 6.45) is 3.50. The summed E-state index contributed by atoms with van der Waals surface area (Å²) < 4.78 is 5.71. The first-order valence-electron chi connectivity index (χ1n) is 11.1. The third-order valence-electron chi connectivity index (χ3n) is 5.65. The van der Waals surface area contributed by atoms with E-state index in [0.29, 0.717) is 34.6 Å². The largest absolute Gasteiger partial charge is 0.370 e. The van der Waals surface area contributed by atoms with Crippen molar-refractivity contribution in [2.75, 3.05) is 43.1 Å². The number of morpholine rings is 1. The van der Waals surface area contributed by atoms with Crippen LogP contribution in [0.15, 0.2) is 36.4 Å². The number of hydrogen-bond donors (Lipinski definition) is 3. The van der Waals surface area contributed by atoms with Gasteiger partial charge in [-0.25, -0.2) is 0 Å². The second kappa shape index (κ2) is 11.1. The zero-order chi connectivity index (χ0) is 23.2. The Balaban J connectivity index is 1.35. The van der Waals surface area contributed by atoms with E-state index < -0.39 is 6.04 Å². The molecule has 2 heterocycles. The number of carbonyl (C=O) groups is 3. The molecule has 1 saturated carbocycles. The molecule has 1 aliphatic heterocycles. The summed E-state index contributed by atoms with van der Waals surface area (Å²) in [6.45, 7) is 1.96. The summed E-state index contributed by atoms with van der Waals surface area (Å²) >= 11 is 7.11. The molecular formula is C23H27ClN4O4S. The van der Waals surface area contributed by atoms with Gasteiger partial charge in [-0.05, 0) is 55.3 Å². The Kier molecular flexibility index (Phi) is 7.97. The minimum Gasteiger partial charge on any atom is -0.370 e. The highest BCUT2D eigenvalue weighted by molar-refractivity contribution is 7.18. The van der Waals surface area contributed by atoms with Crippen molar-refractivity contribution >= 4 is 52.0 Å². The van der Waals surface area contributed by atoms with Crippen molar-refractivity contribution in [1.82, 2.24) is 10.6 Å². The second-order valence-corrected chi connectivity index (χ2v) is 9.90. The van der Waals surface area contributed by atoms with E-state index in [0.717, 1.165) is 18.0 Å². The lowest BCUT2D eigenvalue weighted by Crippen LogP contribution is -2.48. The molecule has 1 saturated heterocycles. The lowest BCUT2D eigenvalue weighted by atomic mass is 10.2. The highest BCUT2D eigenvalue weighted by atomic mass is 35.5. The van der Waals surface area contributed by atoms with Gasteiger partial charge in [-0.3, -0.25) is 14.4 Å². The predicted octanol–water partition coefficient (Wildman–Crippen LogP) is 2.89. The predicted molar refractivity (Wildman–Crippen MR) is 129 cm³/mol. The van der Waals surface area contributed by atoms with E-state index in [4.69, 9.17) is 16.3 Å². The van der Waals surface area contributed by atoms with Gasteiger partial charge in [0.1, 0.15) is 12.6 Å².